The third-order valence-electron chi connectivity index (χ3n) is 3.75. The van der Waals surface area contributed by atoms with Crippen molar-refractivity contribution in [2.75, 3.05) is 33.4 Å². The van der Waals surface area contributed by atoms with Gasteiger partial charge in [0.2, 0.25) is 0 Å². The van der Waals surface area contributed by atoms with Gasteiger partial charge in [0.25, 0.3) is 7.52 Å². The summed E-state index contributed by atoms with van der Waals surface area (Å²) in [6.45, 7) is 10.9. The van der Waals surface area contributed by atoms with Gasteiger partial charge in [-0.1, -0.05) is 13.8 Å². The topological polar surface area (TPSA) is 38.8 Å². The van der Waals surface area contributed by atoms with Crippen LogP contribution in [-0.2, 0) is 13.8 Å². The Bertz CT molecular complexity index is 272. The Labute approximate surface area is 98.8 Å². The fourth-order valence-corrected chi connectivity index (χ4v) is 4.63. The van der Waals surface area contributed by atoms with Crippen molar-refractivity contribution in [1.29, 1.82) is 0 Å². The van der Waals surface area contributed by atoms with Crippen molar-refractivity contribution in [1.82, 2.24) is 4.67 Å². The van der Waals surface area contributed by atoms with E-state index in [2.05, 4.69) is 13.8 Å². The molecule has 1 fully saturated rings. The monoisotopic (exact) mass is 249 g/mol. The number of hydrogen-bond acceptors (Lipinski definition) is 3. The van der Waals surface area contributed by atoms with Crippen molar-refractivity contribution >= 4 is 7.52 Å². The second-order valence-electron chi connectivity index (χ2n) is 5.08. The van der Waals surface area contributed by atoms with Crippen LogP contribution in [0.25, 0.3) is 0 Å². The Morgan fingerprint density at radius 2 is 1.81 bits per heavy atom. The molecule has 1 saturated heterocycles. The molecule has 0 spiro atoms. The van der Waals surface area contributed by atoms with Crippen molar-refractivity contribution in [3.8, 4) is 0 Å². The molecule has 1 heterocycles. The Kier molecular flexibility index (Phi) is 4.58. The largest absolute Gasteiger partial charge is 0.379 e. The summed E-state index contributed by atoms with van der Waals surface area (Å²) in [6.07, 6.45) is 0. The van der Waals surface area contributed by atoms with Gasteiger partial charge in [-0.15, -0.1) is 0 Å². The molecule has 1 aliphatic rings. The van der Waals surface area contributed by atoms with Crippen LogP contribution < -0.4 is 0 Å². The van der Waals surface area contributed by atoms with E-state index in [0.29, 0.717) is 32.2 Å². The van der Waals surface area contributed by atoms with Crippen molar-refractivity contribution in [3.05, 3.63) is 0 Å². The highest BCUT2D eigenvalue weighted by atomic mass is 31.2. The zero-order valence-corrected chi connectivity index (χ0v) is 11.9. The first kappa shape index (κ1) is 14.2. The van der Waals surface area contributed by atoms with Gasteiger partial charge in [-0.05, 0) is 19.8 Å². The minimum Gasteiger partial charge on any atom is -0.379 e. The van der Waals surface area contributed by atoms with E-state index >= 15 is 0 Å². The van der Waals surface area contributed by atoms with Crippen LogP contribution in [0.1, 0.15) is 27.7 Å². The van der Waals surface area contributed by atoms with Crippen LogP contribution in [0.5, 0.6) is 0 Å². The maximum atomic E-state index is 13.0. The fraction of sp³-hybridized carbons (Fsp3) is 1.00. The van der Waals surface area contributed by atoms with E-state index in [9.17, 15) is 4.57 Å². The maximum absolute atomic E-state index is 13.0. The minimum absolute atomic E-state index is 0.307. The summed E-state index contributed by atoms with van der Waals surface area (Å²) >= 11 is 0. The predicted octanol–water partition coefficient (Wildman–Crippen LogP) is 2.59. The van der Waals surface area contributed by atoms with Crippen LogP contribution in [0.2, 0.25) is 0 Å². The van der Waals surface area contributed by atoms with E-state index in [1.807, 2.05) is 18.5 Å². The lowest BCUT2D eigenvalue weighted by Gasteiger charge is -2.43. The molecule has 0 aromatic carbocycles. The van der Waals surface area contributed by atoms with E-state index < -0.39 is 7.52 Å². The molecule has 0 amide bonds. The number of hydrogen-bond donors (Lipinski definition) is 0. The van der Waals surface area contributed by atoms with Gasteiger partial charge in [0.05, 0.1) is 18.4 Å². The molecule has 0 saturated carbocycles. The van der Waals surface area contributed by atoms with E-state index in [0.717, 1.165) is 0 Å². The highest BCUT2D eigenvalue weighted by Crippen LogP contribution is 2.63. The first-order valence-electron chi connectivity index (χ1n) is 5.85. The molecular formula is C11H24NO3P. The molecule has 1 unspecified atom stereocenters. The lowest BCUT2D eigenvalue weighted by atomic mass is 10.00. The van der Waals surface area contributed by atoms with Crippen LogP contribution in [-0.4, -0.2) is 43.2 Å². The number of rotatable bonds is 4. The third kappa shape index (κ3) is 2.35. The molecule has 0 aromatic rings. The second-order valence-corrected chi connectivity index (χ2v) is 8.20. The quantitative estimate of drug-likeness (QED) is 0.718. The molecule has 0 radical (unpaired) electrons. The summed E-state index contributed by atoms with van der Waals surface area (Å²) in [5.41, 5.74) is 0. The molecule has 5 heteroatoms. The summed E-state index contributed by atoms with van der Waals surface area (Å²) in [5, 5.41) is -0.334. The molecule has 4 nitrogen and oxygen atoms in total. The Morgan fingerprint density at radius 3 is 2.19 bits per heavy atom. The molecule has 1 rings (SSSR count). The molecule has 1 aliphatic heterocycles. The van der Waals surface area contributed by atoms with Gasteiger partial charge < -0.3 is 9.26 Å². The molecule has 96 valence electrons. The number of nitrogens with zero attached hydrogens (tertiary/aromatic N) is 1. The van der Waals surface area contributed by atoms with Crippen LogP contribution in [0, 0.1) is 5.92 Å². The normalized spacial score (nSPS) is 23.4. The Balaban J connectivity index is 2.95. The lowest BCUT2D eigenvalue weighted by Crippen LogP contribution is -2.42. The lowest BCUT2D eigenvalue weighted by molar-refractivity contribution is 0.0634. The average molecular weight is 249 g/mol. The zero-order valence-electron chi connectivity index (χ0n) is 11.0. The van der Waals surface area contributed by atoms with Gasteiger partial charge in [-0.25, -0.2) is 4.67 Å². The summed E-state index contributed by atoms with van der Waals surface area (Å²) < 4.78 is 25.7. The predicted molar refractivity (Wildman–Crippen MR) is 65.9 cm³/mol. The summed E-state index contributed by atoms with van der Waals surface area (Å²) in [6, 6.07) is 0. The standard InChI is InChI=1S/C11H24NO3P/c1-10(2)11(3,4)16(13,14-5)12-6-8-15-9-7-12/h10H,6-9H2,1-5H3. The van der Waals surface area contributed by atoms with Gasteiger partial charge >= 0.3 is 0 Å². The first-order chi connectivity index (χ1) is 7.36. The van der Waals surface area contributed by atoms with Gasteiger partial charge in [-0.3, -0.25) is 4.57 Å². The van der Waals surface area contributed by atoms with E-state index in [1.54, 1.807) is 7.11 Å². The van der Waals surface area contributed by atoms with Gasteiger partial charge in [0, 0.05) is 20.2 Å². The highest BCUT2D eigenvalue weighted by Gasteiger charge is 2.48. The van der Waals surface area contributed by atoms with Crippen LogP contribution in [0.3, 0.4) is 0 Å². The SMILES string of the molecule is COP(=O)(N1CCOCC1)C(C)(C)C(C)C. The summed E-state index contributed by atoms with van der Waals surface area (Å²) in [5.74, 6) is 0.307. The molecule has 0 bridgehead atoms. The highest BCUT2D eigenvalue weighted by molar-refractivity contribution is 7.58. The Morgan fingerprint density at radius 1 is 1.31 bits per heavy atom. The molecule has 16 heavy (non-hydrogen) atoms. The maximum Gasteiger partial charge on any atom is 0.277 e. The van der Waals surface area contributed by atoms with E-state index in [1.165, 1.54) is 0 Å². The van der Waals surface area contributed by atoms with Crippen LogP contribution >= 0.6 is 7.52 Å². The van der Waals surface area contributed by atoms with Gasteiger partial charge in [0.1, 0.15) is 0 Å². The van der Waals surface area contributed by atoms with Gasteiger partial charge in [-0.2, -0.15) is 0 Å². The number of ether oxygens (including phenoxy) is 1. The fourth-order valence-electron chi connectivity index (χ4n) is 1.86. The molecular weight excluding hydrogens is 225 g/mol. The first-order valence-corrected chi connectivity index (χ1v) is 7.43. The van der Waals surface area contributed by atoms with Crippen molar-refractivity contribution in [3.63, 3.8) is 0 Å². The molecule has 0 N–H and O–H groups in total. The zero-order chi connectivity index (χ0) is 12.4. The Hall–Kier alpha value is 0.110. The van der Waals surface area contributed by atoms with E-state index in [4.69, 9.17) is 9.26 Å². The van der Waals surface area contributed by atoms with Crippen molar-refractivity contribution in [2.24, 2.45) is 5.92 Å². The number of morpholine rings is 1. The van der Waals surface area contributed by atoms with Crippen LogP contribution in [0.15, 0.2) is 0 Å². The average Bonchev–Trinajstić information content (AvgIpc) is 2.28. The summed E-state index contributed by atoms with van der Waals surface area (Å²) in [7, 11) is -1.23. The van der Waals surface area contributed by atoms with Crippen molar-refractivity contribution < 1.29 is 13.8 Å². The minimum atomic E-state index is -2.78. The second kappa shape index (κ2) is 5.18. The van der Waals surface area contributed by atoms with Crippen molar-refractivity contribution in [2.45, 2.75) is 32.9 Å². The third-order valence-corrected chi connectivity index (χ3v) is 7.36. The van der Waals surface area contributed by atoms with Gasteiger partial charge in [0.15, 0.2) is 0 Å². The summed E-state index contributed by atoms with van der Waals surface area (Å²) in [4.78, 5) is 0. The molecule has 1 atom stereocenters. The van der Waals surface area contributed by atoms with E-state index in [-0.39, 0.29) is 5.16 Å². The molecule has 0 aromatic heterocycles. The molecule has 0 aliphatic carbocycles. The van der Waals surface area contributed by atoms with Crippen LogP contribution in [0.4, 0.5) is 0 Å². The smallest absolute Gasteiger partial charge is 0.277 e.